The Balaban J connectivity index is 2.15. The minimum absolute atomic E-state index is 0.351. The first-order valence-corrected chi connectivity index (χ1v) is 4.46. The summed E-state index contributed by atoms with van der Waals surface area (Å²) < 4.78 is 4.14. The van der Waals surface area contributed by atoms with E-state index in [0.717, 1.165) is 18.8 Å². The lowest BCUT2D eigenvalue weighted by atomic mass is 10.2. The first-order valence-electron chi connectivity index (χ1n) is 3.69. The number of nitrogens with one attached hydrogen (secondary N) is 1. The number of rotatable bonds is 1. The standard InChI is InChI=1S/C6H10N4S/c7-6-9-5(10-11-6)4-2-1-3-8-4/h4,8H,1-3H2,(H2,7,9,10). The molecule has 5 heteroatoms. The van der Waals surface area contributed by atoms with Crippen molar-refractivity contribution in [1.29, 1.82) is 0 Å². The van der Waals surface area contributed by atoms with Crippen LogP contribution >= 0.6 is 11.5 Å². The molecule has 2 rings (SSSR count). The van der Waals surface area contributed by atoms with E-state index >= 15 is 0 Å². The molecule has 4 nitrogen and oxygen atoms in total. The molecule has 1 aliphatic rings. The van der Waals surface area contributed by atoms with Crippen molar-refractivity contribution in [3.05, 3.63) is 5.82 Å². The number of nitrogens with zero attached hydrogens (tertiary/aromatic N) is 2. The maximum absolute atomic E-state index is 5.46. The normalized spacial score (nSPS) is 24.2. The van der Waals surface area contributed by atoms with E-state index in [1.54, 1.807) is 0 Å². The van der Waals surface area contributed by atoms with Crippen molar-refractivity contribution in [3.8, 4) is 0 Å². The summed E-state index contributed by atoms with van der Waals surface area (Å²) >= 11 is 1.27. The Kier molecular flexibility index (Phi) is 1.75. The van der Waals surface area contributed by atoms with Crippen LogP contribution in [-0.2, 0) is 0 Å². The van der Waals surface area contributed by atoms with Crippen molar-refractivity contribution in [1.82, 2.24) is 14.7 Å². The monoisotopic (exact) mass is 170 g/mol. The van der Waals surface area contributed by atoms with Crippen molar-refractivity contribution in [2.75, 3.05) is 12.3 Å². The highest BCUT2D eigenvalue weighted by molar-refractivity contribution is 7.09. The van der Waals surface area contributed by atoms with Crippen LogP contribution < -0.4 is 11.1 Å². The van der Waals surface area contributed by atoms with Gasteiger partial charge in [-0.2, -0.15) is 4.37 Å². The smallest absolute Gasteiger partial charge is 0.199 e. The van der Waals surface area contributed by atoms with Gasteiger partial charge in [0.25, 0.3) is 0 Å². The fourth-order valence-electron chi connectivity index (χ4n) is 1.29. The van der Waals surface area contributed by atoms with E-state index in [-0.39, 0.29) is 0 Å². The first-order chi connectivity index (χ1) is 5.36. The van der Waals surface area contributed by atoms with Gasteiger partial charge in [0.2, 0.25) is 0 Å². The summed E-state index contributed by atoms with van der Waals surface area (Å²) in [6, 6.07) is 0.351. The second-order valence-electron chi connectivity index (χ2n) is 2.64. The zero-order chi connectivity index (χ0) is 7.68. The minimum atomic E-state index is 0.351. The Hall–Kier alpha value is -0.680. The molecule has 1 aromatic rings. The molecule has 2 heterocycles. The summed E-state index contributed by atoms with van der Waals surface area (Å²) in [7, 11) is 0. The van der Waals surface area contributed by atoms with Gasteiger partial charge in [-0.3, -0.25) is 0 Å². The molecular weight excluding hydrogens is 160 g/mol. The minimum Gasteiger partial charge on any atom is -0.374 e. The predicted molar refractivity (Wildman–Crippen MR) is 44.3 cm³/mol. The lowest BCUT2D eigenvalue weighted by Gasteiger charge is -2.02. The van der Waals surface area contributed by atoms with E-state index in [9.17, 15) is 0 Å². The molecule has 0 aromatic carbocycles. The van der Waals surface area contributed by atoms with Crippen LogP contribution in [0.1, 0.15) is 24.7 Å². The summed E-state index contributed by atoms with van der Waals surface area (Å²) in [5.74, 6) is 0.866. The third-order valence-corrected chi connectivity index (χ3v) is 2.39. The van der Waals surface area contributed by atoms with Gasteiger partial charge in [-0.05, 0) is 19.4 Å². The molecule has 0 radical (unpaired) electrons. The van der Waals surface area contributed by atoms with Crippen molar-refractivity contribution in [3.63, 3.8) is 0 Å². The molecule has 1 unspecified atom stereocenters. The highest BCUT2D eigenvalue weighted by Gasteiger charge is 2.19. The van der Waals surface area contributed by atoms with E-state index in [1.807, 2.05) is 0 Å². The molecule has 0 bridgehead atoms. The summed E-state index contributed by atoms with van der Waals surface area (Å²) in [6.07, 6.45) is 2.35. The van der Waals surface area contributed by atoms with Crippen molar-refractivity contribution < 1.29 is 0 Å². The van der Waals surface area contributed by atoms with Crippen LogP contribution in [0.15, 0.2) is 0 Å². The molecule has 1 atom stereocenters. The van der Waals surface area contributed by atoms with Crippen molar-refractivity contribution in [2.45, 2.75) is 18.9 Å². The number of hydrogen-bond acceptors (Lipinski definition) is 5. The topological polar surface area (TPSA) is 63.8 Å². The van der Waals surface area contributed by atoms with Crippen LogP contribution in [0.2, 0.25) is 0 Å². The molecule has 1 aliphatic heterocycles. The van der Waals surface area contributed by atoms with Crippen LogP contribution in [0.25, 0.3) is 0 Å². The van der Waals surface area contributed by atoms with Crippen LogP contribution in [0.5, 0.6) is 0 Å². The lowest BCUT2D eigenvalue weighted by molar-refractivity contribution is 0.615. The molecule has 0 spiro atoms. The van der Waals surface area contributed by atoms with Gasteiger partial charge in [-0.25, -0.2) is 4.98 Å². The van der Waals surface area contributed by atoms with Gasteiger partial charge < -0.3 is 11.1 Å². The maximum atomic E-state index is 5.46. The van der Waals surface area contributed by atoms with Crippen LogP contribution in [0.4, 0.5) is 5.13 Å². The highest BCUT2D eigenvalue weighted by atomic mass is 32.1. The quantitative estimate of drug-likeness (QED) is 0.646. The molecule has 3 N–H and O–H groups in total. The van der Waals surface area contributed by atoms with Crippen molar-refractivity contribution in [2.24, 2.45) is 0 Å². The van der Waals surface area contributed by atoms with E-state index in [1.165, 1.54) is 18.0 Å². The molecule has 1 aromatic heterocycles. The van der Waals surface area contributed by atoms with E-state index in [0.29, 0.717) is 11.2 Å². The van der Waals surface area contributed by atoms with Crippen LogP contribution in [-0.4, -0.2) is 15.9 Å². The van der Waals surface area contributed by atoms with Gasteiger partial charge in [0, 0.05) is 11.5 Å². The first kappa shape index (κ1) is 7.00. The highest BCUT2D eigenvalue weighted by Crippen LogP contribution is 2.21. The van der Waals surface area contributed by atoms with Gasteiger partial charge in [-0.15, -0.1) is 0 Å². The molecule has 0 aliphatic carbocycles. The lowest BCUT2D eigenvalue weighted by Crippen LogP contribution is -2.14. The van der Waals surface area contributed by atoms with E-state index in [4.69, 9.17) is 5.73 Å². The Labute approximate surface area is 69.0 Å². The molecule has 1 fully saturated rings. The van der Waals surface area contributed by atoms with E-state index < -0.39 is 0 Å². The summed E-state index contributed by atoms with van der Waals surface area (Å²) in [5, 5.41) is 3.88. The third-order valence-electron chi connectivity index (χ3n) is 1.83. The van der Waals surface area contributed by atoms with Gasteiger partial charge in [0.05, 0.1) is 6.04 Å². The fraction of sp³-hybridized carbons (Fsp3) is 0.667. The number of nitrogens with two attached hydrogens (primary N) is 1. The maximum Gasteiger partial charge on any atom is 0.199 e. The molecular formula is C6H10N4S. The predicted octanol–water partition coefficient (Wildman–Crippen LogP) is 0.545. The largest absolute Gasteiger partial charge is 0.374 e. The van der Waals surface area contributed by atoms with Crippen molar-refractivity contribution >= 4 is 16.7 Å². The SMILES string of the molecule is Nc1nc(C2CCCN2)ns1. The van der Waals surface area contributed by atoms with Gasteiger partial charge in [0.1, 0.15) is 0 Å². The third kappa shape index (κ3) is 1.34. The Bertz CT molecular complexity index is 240. The van der Waals surface area contributed by atoms with Crippen LogP contribution in [0.3, 0.4) is 0 Å². The Morgan fingerprint density at radius 3 is 3.09 bits per heavy atom. The number of anilines is 1. The number of nitrogen functional groups attached to an aromatic ring is 1. The number of hydrogen-bond donors (Lipinski definition) is 2. The molecule has 0 saturated carbocycles. The molecule has 11 heavy (non-hydrogen) atoms. The second-order valence-corrected chi connectivity index (χ2v) is 3.42. The van der Waals surface area contributed by atoms with Gasteiger partial charge >= 0.3 is 0 Å². The molecule has 60 valence electrons. The number of aromatic nitrogens is 2. The summed E-state index contributed by atoms with van der Waals surface area (Å²) in [4.78, 5) is 4.12. The molecule has 0 amide bonds. The fourth-order valence-corrected chi connectivity index (χ4v) is 1.78. The Morgan fingerprint density at radius 2 is 2.55 bits per heavy atom. The zero-order valence-corrected chi connectivity index (χ0v) is 6.90. The zero-order valence-electron chi connectivity index (χ0n) is 6.08. The van der Waals surface area contributed by atoms with Gasteiger partial charge in [-0.1, -0.05) is 0 Å². The van der Waals surface area contributed by atoms with Gasteiger partial charge in [0.15, 0.2) is 11.0 Å². The summed E-state index contributed by atoms with van der Waals surface area (Å²) in [6.45, 7) is 1.07. The summed E-state index contributed by atoms with van der Waals surface area (Å²) in [5.41, 5.74) is 5.46. The van der Waals surface area contributed by atoms with Crippen LogP contribution in [0, 0.1) is 0 Å². The molecule has 1 saturated heterocycles. The second kappa shape index (κ2) is 2.75. The average Bonchev–Trinajstić information content (AvgIpc) is 2.55. The van der Waals surface area contributed by atoms with E-state index in [2.05, 4.69) is 14.7 Å². The Morgan fingerprint density at radius 1 is 1.64 bits per heavy atom. The average molecular weight is 170 g/mol.